The van der Waals surface area contributed by atoms with E-state index in [1.165, 1.54) is 0 Å². The van der Waals surface area contributed by atoms with E-state index < -0.39 is 0 Å². The molecular weight excluding hydrogens is 430 g/mol. The van der Waals surface area contributed by atoms with Crippen molar-refractivity contribution in [2.24, 2.45) is 0 Å². The first-order valence-corrected chi connectivity index (χ1v) is 10.3. The number of nitrogens with one attached hydrogen (secondary N) is 1. The Balaban J connectivity index is 1.82. The molecule has 1 N–H and O–H groups in total. The molecule has 3 rings (SSSR count). The molecule has 0 aliphatic heterocycles. The van der Waals surface area contributed by atoms with Crippen LogP contribution in [0, 0.1) is 0 Å². The van der Waals surface area contributed by atoms with Crippen LogP contribution in [0.2, 0.25) is 0 Å². The minimum Gasteiger partial charge on any atom is -0.497 e. The molecule has 0 amide bonds. The molecule has 0 spiro atoms. The zero-order chi connectivity index (χ0) is 20.6. The van der Waals surface area contributed by atoms with Crippen molar-refractivity contribution in [2.45, 2.75) is 19.4 Å². The van der Waals surface area contributed by atoms with Crippen molar-refractivity contribution in [3.8, 4) is 11.5 Å². The Hall–Kier alpha value is -2.79. The van der Waals surface area contributed by atoms with E-state index in [4.69, 9.17) is 9.47 Å². The van der Waals surface area contributed by atoms with Crippen LogP contribution in [0.1, 0.15) is 35.3 Å². The Morgan fingerprint density at radius 1 is 0.931 bits per heavy atom. The molecule has 0 aromatic heterocycles. The van der Waals surface area contributed by atoms with Gasteiger partial charge in [0.1, 0.15) is 11.5 Å². The number of hydrogen-bond donors (Lipinski definition) is 1. The van der Waals surface area contributed by atoms with Crippen molar-refractivity contribution in [3.63, 3.8) is 0 Å². The van der Waals surface area contributed by atoms with Crippen molar-refractivity contribution < 1.29 is 14.3 Å². The van der Waals surface area contributed by atoms with Gasteiger partial charge in [0.15, 0.2) is 5.78 Å². The number of halogens is 1. The standard InChI is InChI=1S/C24H24BrNO3/c1-3-29-22-14-10-20(11-15-22)26-23(17-6-12-21(28-2)13-7-17)16-24(27)18-4-8-19(25)9-5-18/h4-15,23,26H,3,16H2,1-2H3. The summed E-state index contributed by atoms with van der Waals surface area (Å²) < 4.78 is 11.7. The number of ether oxygens (including phenoxy) is 2. The van der Waals surface area contributed by atoms with Gasteiger partial charge in [-0.05, 0) is 61.0 Å². The predicted octanol–water partition coefficient (Wildman–Crippen LogP) is 6.28. The van der Waals surface area contributed by atoms with Gasteiger partial charge in [0.25, 0.3) is 0 Å². The first-order chi connectivity index (χ1) is 14.1. The first-order valence-electron chi connectivity index (χ1n) is 9.51. The van der Waals surface area contributed by atoms with Crippen molar-refractivity contribution in [2.75, 3.05) is 19.0 Å². The fourth-order valence-corrected chi connectivity index (χ4v) is 3.31. The zero-order valence-corrected chi connectivity index (χ0v) is 18.1. The molecule has 0 aliphatic rings. The molecule has 5 heteroatoms. The molecule has 1 unspecified atom stereocenters. The average Bonchev–Trinajstić information content (AvgIpc) is 2.75. The third-order valence-corrected chi connectivity index (χ3v) is 5.11. The fraction of sp³-hybridized carbons (Fsp3) is 0.208. The molecule has 29 heavy (non-hydrogen) atoms. The second kappa shape index (κ2) is 10.1. The highest BCUT2D eigenvalue weighted by molar-refractivity contribution is 9.10. The minimum atomic E-state index is -0.171. The first kappa shape index (κ1) is 20.9. The van der Waals surface area contributed by atoms with Gasteiger partial charge in [-0.3, -0.25) is 4.79 Å². The number of anilines is 1. The summed E-state index contributed by atoms with van der Waals surface area (Å²) in [5.74, 6) is 1.69. The second-order valence-corrected chi connectivity index (χ2v) is 7.48. The van der Waals surface area contributed by atoms with Gasteiger partial charge in [0.2, 0.25) is 0 Å². The Kier molecular flexibility index (Phi) is 7.30. The molecule has 0 saturated carbocycles. The zero-order valence-electron chi connectivity index (χ0n) is 16.5. The molecule has 0 saturated heterocycles. The van der Waals surface area contributed by atoms with Gasteiger partial charge in [-0.1, -0.05) is 40.2 Å². The van der Waals surface area contributed by atoms with E-state index in [9.17, 15) is 4.79 Å². The summed E-state index contributed by atoms with van der Waals surface area (Å²) in [4.78, 5) is 12.9. The third kappa shape index (κ3) is 5.84. The van der Waals surface area contributed by atoms with Crippen LogP contribution in [-0.2, 0) is 0 Å². The summed E-state index contributed by atoms with van der Waals surface area (Å²) in [6, 6.07) is 22.8. The molecule has 0 aliphatic carbocycles. The van der Waals surface area contributed by atoms with E-state index >= 15 is 0 Å². The van der Waals surface area contributed by atoms with E-state index in [1.54, 1.807) is 7.11 Å². The van der Waals surface area contributed by atoms with Crippen LogP contribution in [-0.4, -0.2) is 19.5 Å². The predicted molar refractivity (Wildman–Crippen MR) is 120 cm³/mol. The summed E-state index contributed by atoms with van der Waals surface area (Å²) in [5, 5.41) is 3.49. The van der Waals surface area contributed by atoms with Gasteiger partial charge in [-0.15, -0.1) is 0 Å². The number of methoxy groups -OCH3 is 1. The lowest BCUT2D eigenvalue weighted by Gasteiger charge is -2.21. The monoisotopic (exact) mass is 453 g/mol. The van der Waals surface area contributed by atoms with E-state index in [1.807, 2.05) is 79.7 Å². The van der Waals surface area contributed by atoms with E-state index in [0.717, 1.165) is 27.2 Å². The van der Waals surface area contributed by atoms with Gasteiger partial charge < -0.3 is 14.8 Å². The van der Waals surface area contributed by atoms with Gasteiger partial charge in [-0.2, -0.15) is 0 Å². The quantitative estimate of drug-likeness (QED) is 0.387. The molecular formula is C24H24BrNO3. The third-order valence-electron chi connectivity index (χ3n) is 4.58. The smallest absolute Gasteiger partial charge is 0.165 e. The lowest BCUT2D eigenvalue weighted by atomic mass is 9.97. The maximum atomic E-state index is 12.9. The van der Waals surface area contributed by atoms with Gasteiger partial charge in [-0.25, -0.2) is 0 Å². The van der Waals surface area contributed by atoms with Crippen LogP contribution >= 0.6 is 15.9 Å². The highest BCUT2D eigenvalue weighted by Gasteiger charge is 2.18. The average molecular weight is 454 g/mol. The molecule has 3 aromatic carbocycles. The Morgan fingerprint density at radius 3 is 2.14 bits per heavy atom. The van der Waals surface area contributed by atoms with Gasteiger partial charge in [0.05, 0.1) is 19.8 Å². The highest BCUT2D eigenvalue weighted by Crippen LogP contribution is 2.27. The van der Waals surface area contributed by atoms with Crippen molar-refractivity contribution >= 4 is 27.4 Å². The van der Waals surface area contributed by atoms with Crippen molar-refractivity contribution in [1.82, 2.24) is 0 Å². The van der Waals surface area contributed by atoms with Crippen LogP contribution < -0.4 is 14.8 Å². The number of carbonyl (C=O) groups is 1. The Morgan fingerprint density at radius 2 is 1.55 bits per heavy atom. The second-order valence-electron chi connectivity index (χ2n) is 6.56. The number of benzene rings is 3. The molecule has 3 aromatic rings. The van der Waals surface area contributed by atoms with Gasteiger partial charge in [0, 0.05) is 22.1 Å². The molecule has 0 heterocycles. The van der Waals surface area contributed by atoms with E-state index in [2.05, 4.69) is 21.2 Å². The van der Waals surface area contributed by atoms with Crippen molar-refractivity contribution in [1.29, 1.82) is 0 Å². The largest absolute Gasteiger partial charge is 0.497 e. The fourth-order valence-electron chi connectivity index (χ4n) is 3.04. The van der Waals surface area contributed by atoms with Crippen LogP contribution in [0.3, 0.4) is 0 Å². The maximum Gasteiger partial charge on any atom is 0.165 e. The number of carbonyl (C=O) groups excluding carboxylic acids is 1. The number of ketones is 1. The summed E-state index contributed by atoms with van der Waals surface area (Å²) in [6.07, 6.45) is 0.334. The lowest BCUT2D eigenvalue weighted by molar-refractivity contribution is 0.0976. The normalized spacial score (nSPS) is 11.6. The summed E-state index contributed by atoms with van der Waals surface area (Å²) in [5.41, 5.74) is 2.64. The SMILES string of the molecule is CCOc1ccc(NC(CC(=O)c2ccc(Br)cc2)c2ccc(OC)cc2)cc1. The van der Waals surface area contributed by atoms with Gasteiger partial charge >= 0.3 is 0 Å². The summed E-state index contributed by atoms with van der Waals surface area (Å²) >= 11 is 3.41. The molecule has 4 nitrogen and oxygen atoms in total. The summed E-state index contributed by atoms with van der Waals surface area (Å²) in [6.45, 7) is 2.59. The maximum absolute atomic E-state index is 12.9. The number of rotatable bonds is 9. The van der Waals surface area contributed by atoms with Crippen LogP contribution in [0.5, 0.6) is 11.5 Å². The lowest BCUT2D eigenvalue weighted by Crippen LogP contribution is -2.16. The van der Waals surface area contributed by atoms with E-state index in [-0.39, 0.29) is 11.8 Å². The highest BCUT2D eigenvalue weighted by atomic mass is 79.9. The molecule has 0 radical (unpaired) electrons. The van der Waals surface area contributed by atoms with E-state index in [0.29, 0.717) is 18.6 Å². The molecule has 1 atom stereocenters. The molecule has 0 fully saturated rings. The van der Waals surface area contributed by atoms with Crippen LogP contribution in [0.15, 0.2) is 77.3 Å². The van der Waals surface area contributed by atoms with Crippen LogP contribution in [0.4, 0.5) is 5.69 Å². The Labute approximate surface area is 180 Å². The van der Waals surface area contributed by atoms with Crippen LogP contribution in [0.25, 0.3) is 0 Å². The molecule has 150 valence electrons. The number of Topliss-reactive ketones (excluding diaryl/α,β-unsaturated/α-hetero) is 1. The number of hydrogen-bond acceptors (Lipinski definition) is 4. The Bertz CT molecular complexity index is 922. The molecule has 0 bridgehead atoms. The van der Waals surface area contributed by atoms with Crippen molar-refractivity contribution in [3.05, 3.63) is 88.4 Å². The topological polar surface area (TPSA) is 47.6 Å². The summed E-state index contributed by atoms with van der Waals surface area (Å²) in [7, 11) is 1.64. The minimum absolute atomic E-state index is 0.0803.